The van der Waals surface area contributed by atoms with E-state index in [0.29, 0.717) is 30.4 Å². The summed E-state index contributed by atoms with van der Waals surface area (Å²) >= 11 is 3.17. The topological polar surface area (TPSA) is 76.1 Å². The van der Waals surface area contributed by atoms with Crippen LogP contribution in [-0.2, 0) is 14.3 Å². The number of nitrogens with zero attached hydrogens (tertiary/aromatic N) is 1. The second kappa shape index (κ2) is 10.6. The molecule has 1 aromatic carbocycles. The van der Waals surface area contributed by atoms with Gasteiger partial charge in [-0.1, -0.05) is 18.2 Å². The quantitative estimate of drug-likeness (QED) is 0.487. The van der Waals surface area contributed by atoms with Gasteiger partial charge in [0.25, 0.3) is 0 Å². The summed E-state index contributed by atoms with van der Waals surface area (Å²) in [6, 6.07) is 7.46. The van der Waals surface area contributed by atoms with E-state index in [9.17, 15) is 9.59 Å². The Bertz CT molecular complexity index is 584. The maximum absolute atomic E-state index is 12.2. The maximum Gasteiger partial charge on any atom is 0.344 e. The third-order valence-electron chi connectivity index (χ3n) is 3.52. The average molecular weight is 386 g/mol. The molecule has 1 amide bonds. The highest BCUT2D eigenvalue weighted by Gasteiger charge is 2.34. The van der Waals surface area contributed by atoms with Gasteiger partial charge in [0.15, 0.2) is 6.61 Å². The van der Waals surface area contributed by atoms with Gasteiger partial charge in [-0.05, 0) is 13.0 Å². The van der Waals surface area contributed by atoms with Gasteiger partial charge in [0.2, 0.25) is 5.91 Å². The number of benzene rings is 1. The fraction of sp³-hybridized carbons (Fsp3) is 0.529. The Morgan fingerprint density at radius 1 is 1.40 bits per heavy atom. The summed E-state index contributed by atoms with van der Waals surface area (Å²) in [6.45, 7) is 2.67. The van der Waals surface area contributed by atoms with Crippen molar-refractivity contribution in [3.63, 3.8) is 0 Å². The molecule has 6 nitrogen and oxygen atoms in total. The molecule has 0 aliphatic carbocycles. The first kappa shape index (κ1) is 19.9. The molecule has 1 heterocycles. The Kier molecular flexibility index (Phi) is 8.43. The van der Waals surface area contributed by atoms with E-state index >= 15 is 0 Å². The van der Waals surface area contributed by atoms with Crippen molar-refractivity contribution in [3.8, 4) is 5.75 Å². The van der Waals surface area contributed by atoms with Gasteiger partial charge in [-0.2, -0.15) is 11.8 Å². The van der Waals surface area contributed by atoms with Crippen molar-refractivity contribution in [3.05, 3.63) is 29.8 Å². The van der Waals surface area contributed by atoms with Gasteiger partial charge in [0.1, 0.15) is 11.1 Å². The number of ether oxygens (including phenoxy) is 2. The molecule has 1 atom stereocenters. The van der Waals surface area contributed by atoms with Crippen LogP contribution in [-0.4, -0.2) is 65.5 Å². The van der Waals surface area contributed by atoms with Crippen molar-refractivity contribution in [2.24, 2.45) is 0 Å². The SMILES string of the molecule is CCOC(=O)COc1ccccc1C1SCC(=O)N1CCSCCO. The van der Waals surface area contributed by atoms with Crippen LogP contribution >= 0.6 is 23.5 Å². The summed E-state index contributed by atoms with van der Waals surface area (Å²) in [5, 5.41) is 8.73. The molecular formula is C17H23NO5S2. The minimum Gasteiger partial charge on any atom is -0.482 e. The van der Waals surface area contributed by atoms with Crippen LogP contribution in [0.4, 0.5) is 0 Å². The predicted molar refractivity (Wildman–Crippen MR) is 99.9 cm³/mol. The lowest BCUT2D eigenvalue weighted by atomic mass is 10.2. The molecule has 138 valence electrons. The minimum atomic E-state index is -0.412. The van der Waals surface area contributed by atoms with Gasteiger partial charge < -0.3 is 19.5 Å². The summed E-state index contributed by atoms with van der Waals surface area (Å²) in [5.74, 6) is 2.15. The highest BCUT2D eigenvalue weighted by atomic mass is 32.2. The van der Waals surface area contributed by atoms with Crippen molar-refractivity contribution >= 4 is 35.4 Å². The smallest absolute Gasteiger partial charge is 0.344 e. The van der Waals surface area contributed by atoms with E-state index in [1.165, 1.54) is 0 Å². The van der Waals surface area contributed by atoms with Crippen LogP contribution in [0.2, 0.25) is 0 Å². The summed E-state index contributed by atoms with van der Waals surface area (Å²) in [5.41, 5.74) is 0.884. The molecule has 1 aliphatic rings. The summed E-state index contributed by atoms with van der Waals surface area (Å²) in [7, 11) is 0. The third kappa shape index (κ3) is 5.83. The zero-order valence-corrected chi connectivity index (χ0v) is 15.8. The van der Waals surface area contributed by atoms with Gasteiger partial charge >= 0.3 is 5.97 Å². The highest BCUT2D eigenvalue weighted by Crippen LogP contribution is 2.42. The normalized spacial score (nSPS) is 17.0. The Morgan fingerprint density at radius 2 is 2.20 bits per heavy atom. The summed E-state index contributed by atoms with van der Waals surface area (Å²) < 4.78 is 10.5. The monoisotopic (exact) mass is 385 g/mol. The first-order chi connectivity index (χ1) is 12.2. The number of amides is 1. The van der Waals surface area contributed by atoms with Gasteiger partial charge in [-0.3, -0.25) is 4.79 Å². The molecule has 0 aromatic heterocycles. The van der Waals surface area contributed by atoms with Crippen LogP contribution in [0.1, 0.15) is 17.9 Å². The molecule has 8 heteroatoms. The van der Waals surface area contributed by atoms with E-state index in [0.717, 1.165) is 11.3 Å². The molecule has 1 aliphatic heterocycles. The Balaban J connectivity index is 2.05. The van der Waals surface area contributed by atoms with Crippen molar-refractivity contribution in [1.82, 2.24) is 4.90 Å². The minimum absolute atomic E-state index is 0.0970. The number of aliphatic hydroxyl groups is 1. The number of hydrogen-bond acceptors (Lipinski definition) is 7. The number of hydrogen-bond donors (Lipinski definition) is 1. The molecule has 0 bridgehead atoms. The fourth-order valence-electron chi connectivity index (χ4n) is 2.44. The molecule has 1 aromatic rings. The average Bonchev–Trinajstić information content (AvgIpc) is 2.98. The van der Waals surface area contributed by atoms with Crippen LogP contribution in [0.25, 0.3) is 0 Å². The van der Waals surface area contributed by atoms with Crippen molar-refractivity contribution in [2.45, 2.75) is 12.3 Å². The van der Waals surface area contributed by atoms with E-state index in [1.807, 2.05) is 23.1 Å². The Morgan fingerprint density at radius 3 is 2.96 bits per heavy atom. The lowest BCUT2D eigenvalue weighted by Crippen LogP contribution is -2.30. The molecule has 1 unspecified atom stereocenters. The summed E-state index contributed by atoms with van der Waals surface area (Å²) in [6.07, 6.45) is 0. The number of carbonyl (C=O) groups is 2. The van der Waals surface area contributed by atoms with Crippen molar-refractivity contribution < 1.29 is 24.2 Å². The van der Waals surface area contributed by atoms with E-state index in [-0.39, 0.29) is 24.5 Å². The number of esters is 1. The van der Waals surface area contributed by atoms with Gasteiger partial charge in [0, 0.05) is 23.6 Å². The van der Waals surface area contributed by atoms with E-state index < -0.39 is 5.97 Å². The van der Waals surface area contributed by atoms with Crippen LogP contribution in [0.5, 0.6) is 5.75 Å². The highest BCUT2D eigenvalue weighted by molar-refractivity contribution is 8.00. The number of aliphatic hydroxyl groups excluding tert-OH is 1. The van der Waals surface area contributed by atoms with Gasteiger partial charge in [-0.15, -0.1) is 11.8 Å². The Hall–Kier alpha value is -1.38. The lowest BCUT2D eigenvalue weighted by Gasteiger charge is -2.25. The third-order valence-corrected chi connectivity index (χ3v) is 5.70. The summed E-state index contributed by atoms with van der Waals surface area (Å²) in [4.78, 5) is 25.6. The predicted octanol–water partition coefficient (Wildman–Crippen LogP) is 1.93. The van der Waals surface area contributed by atoms with Crippen LogP contribution in [0.15, 0.2) is 24.3 Å². The van der Waals surface area contributed by atoms with Crippen molar-refractivity contribution in [2.75, 3.05) is 43.6 Å². The molecule has 1 N–H and O–H groups in total. The van der Waals surface area contributed by atoms with Crippen LogP contribution in [0.3, 0.4) is 0 Å². The molecule has 25 heavy (non-hydrogen) atoms. The number of para-hydroxylation sites is 1. The largest absolute Gasteiger partial charge is 0.482 e. The second-order valence-electron chi connectivity index (χ2n) is 5.22. The zero-order valence-electron chi connectivity index (χ0n) is 14.2. The lowest BCUT2D eigenvalue weighted by molar-refractivity contribution is -0.145. The van der Waals surface area contributed by atoms with Crippen molar-refractivity contribution in [1.29, 1.82) is 0 Å². The zero-order chi connectivity index (χ0) is 18.1. The molecule has 0 radical (unpaired) electrons. The van der Waals surface area contributed by atoms with Crippen LogP contribution < -0.4 is 4.74 Å². The molecular weight excluding hydrogens is 362 g/mol. The van der Waals surface area contributed by atoms with E-state index in [2.05, 4.69) is 0 Å². The molecule has 1 saturated heterocycles. The van der Waals surface area contributed by atoms with Gasteiger partial charge in [-0.25, -0.2) is 4.79 Å². The van der Waals surface area contributed by atoms with E-state index in [1.54, 1.807) is 36.5 Å². The fourth-order valence-corrected chi connectivity index (χ4v) is 4.34. The molecule has 2 rings (SSSR count). The number of carbonyl (C=O) groups excluding carboxylic acids is 2. The first-order valence-electron chi connectivity index (χ1n) is 8.14. The second-order valence-corrected chi connectivity index (χ2v) is 7.51. The standard InChI is InChI=1S/C17H23NO5S2/c1-2-22-16(21)11-23-14-6-4-3-5-13(14)17-18(15(20)12-25-17)7-9-24-10-8-19/h3-6,17,19H,2,7-12H2,1H3. The number of thioether (sulfide) groups is 2. The molecule has 0 saturated carbocycles. The maximum atomic E-state index is 12.2. The molecule has 1 fully saturated rings. The molecule has 0 spiro atoms. The van der Waals surface area contributed by atoms with Gasteiger partial charge in [0.05, 0.1) is 19.0 Å². The first-order valence-corrected chi connectivity index (χ1v) is 10.3. The van der Waals surface area contributed by atoms with E-state index in [4.69, 9.17) is 14.6 Å². The van der Waals surface area contributed by atoms with Crippen LogP contribution in [0, 0.1) is 0 Å². The Labute approximate surface area is 156 Å². The number of rotatable bonds is 10.